The molecule has 0 amide bonds. The summed E-state index contributed by atoms with van der Waals surface area (Å²) >= 11 is 0.0736. The fourth-order valence-corrected chi connectivity index (χ4v) is 9.23. The van der Waals surface area contributed by atoms with Gasteiger partial charge in [-0.1, -0.05) is 63.1 Å². The summed E-state index contributed by atoms with van der Waals surface area (Å²) in [7, 11) is 0. The molecule has 0 saturated carbocycles. The molecule has 0 aliphatic heterocycles. The molecule has 0 aliphatic rings. The Morgan fingerprint density at radius 1 is 0.407 bits per heavy atom. The number of carboxylic acid groups (broad SMARTS) is 2. The largest absolute Gasteiger partial charge is 0.545 e. The number of unbranched alkanes of at least 4 members (excludes halogenated alkanes) is 14. The Balaban J connectivity index is 0.000000862. The Morgan fingerprint density at radius 3 is 1.07 bits per heavy atom. The van der Waals surface area contributed by atoms with Crippen molar-refractivity contribution in [1.29, 1.82) is 0 Å². The van der Waals surface area contributed by atoms with Gasteiger partial charge in [-0.05, 0) is 50.7 Å². The van der Waals surface area contributed by atoms with Crippen LogP contribution in [-0.2, 0) is 18.9 Å². The molecule has 0 atom stereocenters. The molecule has 2 aromatic carbocycles. The Morgan fingerprint density at radius 2 is 0.712 bits per heavy atom. The van der Waals surface area contributed by atoms with Crippen molar-refractivity contribution in [2.75, 3.05) is 39.6 Å². The van der Waals surface area contributed by atoms with Gasteiger partial charge in [-0.3, -0.25) is 0 Å². The number of carbonyl (C=O) groups is 4. The molecule has 2 rings (SSSR count). The maximum absolute atomic E-state index is 11.8. The van der Waals surface area contributed by atoms with Gasteiger partial charge >= 0.3 is 133 Å². The van der Waals surface area contributed by atoms with Gasteiger partial charge in [0.05, 0.1) is 36.3 Å². The summed E-state index contributed by atoms with van der Waals surface area (Å²) in [6, 6.07) is 11.7. The standard InChI is InChI=1S/2C16H22O5.2C8H17.Sn/c2*1-2-3-10-20-11-6-7-12-21-16(19)14-9-5-4-8-13(14)15(17)18;2*1-3-5-7-8-6-4-2;/h2*4-5,8-9H,2-3,6-7,10-12H2,1H3,(H,17,18);2*1,3-8H2,2H3;/q;;;;+2/p-2. The maximum atomic E-state index is 11.8. The average molecular weight is 932 g/mol. The van der Waals surface area contributed by atoms with E-state index >= 15 is 0 Å². The molecular formula is C48H76O10Sn. The molecule has 2 aromatic rings. The number of ether oxygens (including phenoxy) is 4. The summed E-state index contributed by atoms with van der Waals surface area (Å²) in [6.07, 6.45) is 25.1. The van der Waals surface area contributed by atoms with E-state index in [0.717, 1.165) is 51.7 Å². The first-order valence-corrected chi connectivity index (χ1v) is 26.6. The van der Waals surface area contributed by atoms with Crippen LogP contribution in [0.3, 0.4) is 0 Å². The molecule has 0 spiro atoms. The van der Waals surface area contributed by atoms with E-state index in [9.17, 15) is 29.4 Å². The van der Waals surface area contributed by atoms with Crippen LogP contribution in [0.2, 0.25) is 8.87 Å². The molecule has 0 unspecified atom stereocenters. The van der Waals surface area contributed by atoms with E-state index in [0.29, 0.717) is 26.1 Å². The van der Waals surface area contributed by atoms with Gasteiger partial charge in [0.2, 0.25) is 0 Å². The van der Waals surface area contributed by atoms with Gasteiger partial charge in [-0.25, -0.2) is 9.59 Å². The molecule has 0 radical (unpaired) electrons. The molecule has 59 heavy (non-hydrogen) atoms. The van der Waals surface area contributed by atoms with Crippen molar-refractivity contribution in [1.82, 2.24) is 0 Å². The minimum atomic E-state index is -1.38. The first-order valence-electron chi connectivity index (χ1n) is 22.6. The fourth-order valence-electron chi connectivity index (χ4n) is 5.66. The van der Waals surface area contributed by atoms with Gasteiger partial charge in [0.15, 0.2) is 0 Å². The van der Waals surface area contributed by atoms with Crippen molar-refractivity contribution in [3.63, 3.8) is 0 Å². The van der Waals surface area contributed by atoms with E-state index in [4.69, 9.17) is 18.9 Å². The summed E-state index contributed by atoms with van der Waals surface area (Å²) in [6.45, 7) is 12.1. The third kappa shape index (κ3) is 32.5. The minimum Gasteiger partial charge on any atom is -0.545 e. The Labute approximate surface area is 367 Å². The summed E-state index contributed by atoms with van der Waals surface area (Å²) < 4.78 is 24.2. The Hall–Kier alpha value is -2.96. The van der Waals surface area contributed by atoms with E-state index in [1.807, 2.05) is 0 Å². The van der Waals surface area contributed by atoms with Crippen molar-refractivity contribution in [3.8, 4) is 0 Å². The molecule has 0 aliphatic carbocycles. The van der Waals surface area contributed by atoms with Crippen LogP contribution in [0.4, 0.5) is 0 Å². The van der Waals surface area contributed by atoms with Crippen molar-refractivity contribution in [3.05, 3.63) is 70.8 Å². The summed E-state index contributed by atoms with van der Waals surface area (Å²) in [5, 5.41) is 21.8. The Kier molecular flexibility index (Phi) is 39.7. The van der Waals surface area contributed by atoms with Crippen LogP contribution in [0, 0.1) is 0 Å². The molecule has 0 saturated heterocycles. The van der Waals surface area contributed by atoms with Crippen molar-refractivity contribution < 1.29 is 48.3 Å². The zero-order valence-electron chi connectivity index (χ0n) is 37.0. The zero-order valence-corrected chi connectivity index (χ0v) is 39.9. The second kappa shape index (κ2) is 41.8. The molecule has 11 heteroatoms. The first kappa shape index (κ1) is 56.0. The van der Waals surface area contributed by atoms with E-state index in [-0.39, 0.29) is 56.6 Å². The van der Waals surface area contributed by atoms with Gasteiger partial charge < -0.3 is 38.7 Å². The van der Waals surface area contributed by atoms with Gasteiger partial charge in [-0.2, -0.15) is 0 Å². The fraction of sp³-hybridized carbons (Fsp3) is 0.667. The number of benzene rings is 2. The monoisotopic (exact) mass is 932 g/mol. The first-order chi connectivity index (χ1) is 28.7. The molecule has 0 fully saturated rings. The van der Waals surface area contributed by atoms with E-state index < -0.39 is 23.9 Å². The van der Waals surface area contributed by atoms with Crippen LogP contribution < -0.4 is 10.2 Å². The van der Waals surface area contributed by atoms with Crippen molar-refractivity contribution in [2.24, 2.45) is 0 Å². The van der Waals surface area contributed by atoms with Crippen LogP contribution in [-0.4, -0.2) is 84.7 Å². The van der Waals surface area contributed by atoms with Gasteiger partial charge in [0, 0.05) is 37.6 Å². The third-order valence-corrected chi connectivity index (χ3v) is 13.3. The number of aromatic carboxylic acids is 2. The van der Waals surface area contributed by atoms with Gasteiger partial charge in [-0.15, -0.1) is 0 Å². The van der Waals surface area contributed by atoms with Crippen LogP contribution >= 0.6 is 0 Å². The van der Waals surface area contributed by atoms with Crippen LogP contribution in [0.25, 0.3) is 0 Å². The SMILES string of the molecule is CCCCCCC[CH2][Sn+2][CH2]CCCCCCC.CCCCOCCCCOC(=O)c1ccccc1C(=O)[O-].CCCCOCCCCOC(=O)c1ccccc1C(=O)[O-]. The van der Waals surface area contributed by atoms with Crippen LogP contribution in [0.5, 0.6) is 0 Å². The Bertz CT molecular complexity index is 1230. The molecule has 332 valence electrons. The molecule has 0 heterocycles. The summed E-state index contributed by atoms with van der Waals surface area (Å²) in [5.41, 5.74) is -0.246. The molecule has 10 nitrogen and oxygen atoms in total. The normalized spacial score (nSPS) is 10.4. The molecule has 0 aromatic heterocycles. The average Bonchev–Trinajstić information content (AvgIpc) is 3.24. The van der Waals surface area contributed by atoms with Gasteiger partial charge in [0.25, 0.3) is 0 Å². The number of rotatable bonds is 34. The molecule has 0 bridgehead atoms. The number of hydrogen-bond acceptors (Lipinski definition) is 10. The van der Waals surface area contributed by atoms with E-state index in [1.165, 1.54) is 101 Å². The minimum absolute atomic E-state index is 0.0247. The quantitative estimate of drug-likeness (QED) is 0.0377. The topological polar surface area (TPSA) is 151 Å². The second-order valence-corrected chi connectivity index (χ2v) is 18.9. The number of esters is 2. The predicted octanol–water partition coefficient (Wildman–Crippen LogP) is 9.86. The summed E-state index contributed by atoms with van der Waals surface area (Å²) in [5.74, 6) is -4.04. The number of carboxylic acids is 2. The molecular weight excluding hydrogens is 855 g/mol. The van der Waals surface area contributed by atoms with Crippen molar-refractivity contribution in [2.45, 2.75) is 165 Å². The predicted molar refractivity (Wildman–Crippen MR) is 234 cm³/mol. The van der Waals surface area contributed by atoms with Crippen LogP contribution in [0.15, 0.2) is 48.5 Å². The zero-order chi connectivity index (χ0) is 43.6. The third-order valence-electron chi connectivity index (χ3n) is 9.26. The smallest absolute Gasteiger partial charge is 0.338 e. The maximum Gasteiger partial charge on any atom is 0.338 e. The molecule has 0 N–H and O–H groups in total. The van der Waals surface area contributed by atoms with E-state index in [1.54, 1.807) is 33.8 Å². The summed E-state index contributed by atoms with van der Waals surface area (Å²) in [4.78, 5) is 45.4. The van der Waals surface area contributed by atoms with Gasteiger partial charge in [0.1, 0.15) is 0 Å². The number of hydrogen-bond donors (Lipinski definition) is 0. The number of carbonyl (C=O) groups excluding carboxylic acids is 4. The second-order valence-electron chi connectivity index (χ2n) is 14.6. The van der Waals surface area contributed by atoms with E-state index in [2.05, 4.69) is 27.7 Å². The van der Waals surface area contributed by atoms with Crippen LogP contribution in [0.1, 0.15) is 198 Å². The van der Waals surface area contributed by atoms with Crippen molar-refractivity contribution >= 4 is 45.0 Å².